The van der Waals surface area contributed by atoms with Gasteiger partial charge in [0.1, 0.15) is 6.04 Å². The van der Waals surface area contributed by atoms with Gasteiger partial charge >= 0.3 is 0 Å². The van der Waals surface area contributed by atoms with Crippen molar-refractivity contribution in [3.05, 3.63) is 0 Å². The van der Waals surface area contributed by atoms with Crippen LogP contribution >= 0.6 is 0 Å². The second-order valence-corrected chi connectivity index (χ2v) is 4.65. The fourth-order valence-corrected chi connectivity index (χ4v) is 2.03. The van der Waals surface area contributed by atoms with E-state index in [2.05, 4.69) is 24.8 Å². The van der Waals surface area contributed by atoms with E-state index in [4.69, 9.17) is 5.26 Å². The SMILES string of the molecule is CCN1CC(C)(C)N(C)C(=O)C1CC#N. The zero-order valence-electron chi connectivity index (χ0n) is 9.95. The fraction of sp³-hybridized carbons (Fsp3) is 0.818. The number of piperazine rings is 1. The standard InChI is InChI=1S/C11H19N3O/c1-5-14-8-11(2,3)13(4)10(15)9(14)6-7-12/h9H,5-6,8H2,1-4H3. The molecule has 0 aromatic carbocycles. The fourth-order valence-electron chi connectivity index (χ4n) is 2.03. The minimum absolute atomic E-state index is 0.0645. The van der Waals surface area contributed by atoms with Gasteiger partial charge in [0.05, 0.1) is 12.5 Å². The molecule has 0 N–H and O–H groups in total. The summed E-state index contributed by atoms with van der Waals surface area (Å²) >= 11 is 0. The lowest BCUT2D eigenvalue weighted by atomic mass is 9.94. The van der Waals surface area contributed by atoms with Crippen molar-refractivity contribution in [1.82, 2.24) is 9.80 Å². The Hall–Kier alpha value is -1.08. The first-order valence-electron chi connectivity index (χ1n) is 5.32. The molecule has 1 aliphatic heterocycles. The van der Waals surface area contributed by atoms with Crippen LogP contribution in [0, 0.1) is 11.3 Å². The third kappa shape index (κ3) is 2.13. The van der Waals surface area contributed by atoms with Gasteiger partial charge in [0, 0.05) is 19.1 Å². The van der Waals surface area contributed by atoms with Crippen molar-refractivity contribution in [3.8, 4) is 6.07 Å². The molecule has 1 fully saturated rings. The molecule has 1 atom stereocenters. The van der Waals surface area contributed by atoms with Crippen LogP contribution in [0.25, 0.3) is 0 Å². The number of hydrogen-bond acceptors (Lipinski definition) is 3. The molecule has 0 radical (unpaired) electrons. The first-order chi connectivity index (χ1) is 6.94. The highest BCUT2D eigenvalue weighted by atomic mass is 16.2. The summed E-state index contributed by atoms with van der Waals surface area (Å²) in [5.41, 5.74) is -0.140. The Labute approximate surface area is 91.5 Å². The van der Waals surface area contributed by atoms with Crippen LogP contribution in [0.5, 0.6) is 0 Å². The van der Waals surface area contributed by atoms with Crippen LogP contribution in [0.2, 0.25) is 0 Å². The molecule has 1 amide bonds. The van der Waals surface area contributed by atoms with Crippen molar-refractivity contribution in [1.29, 1.82) is 5.26 Å². The molecular formula is C11H19N3O. The summed E-state index contributed by atoms with van der Waals surface area (Å²) in [7, 11) is 1.82. The minimum atomic E-state index is -0.252. The van der Waals surface area contributed by atoms with E-state index < -0.39 is 0 Å². The van der Waals surface area contributed by atoms with Gasteiger partial charge in [-0.2, -0.15) is 5.26 Å². The van der Waals surface area contributed by atoms with E-state index in [1.807, 2.05) is 14.0 Å². The van der Waals surface area contributed by atoms with Crippen molar-refractivity contribution in [2.24, 2.45) is 0 Å². The van der Waals surface area contributed by atoms with Gasteiger partial charge < -0.3 is 4.90 Å². The van der Waals surface area contributed by atoms with Crippen molar-refractivity contribution >= 4 is 5.91 Å². The summed E-state index contributed by atoms with van der Waals surface area (Å²) in [6, 6.07) is 1.84. The second-order valence-electron chi connectivity index (χ2n) is 4.65. The van der Waals surface area contributed by atoms with Crippen LogP contribution in [-0.4, -0.2) is 47.4 Å². The Morgan fingerprint density at radius 3 is 2.67 bits per heavy atom. The lowest BCUT2D eigenvalue weighted by Crippen LogP contribution is -2.64. The van der Waals surface area contributed by atoms with Gasteiger partial charge in [0.2, 0.25) is 5.91 Å². The van der Waals surface area contributed by atoms with Gasteiger partial charge in [-0.05, 0) is 20.4 Å². The number of likely N-dealkylation sites (N-methyl/N-ethyl adjacent to an activating group) is 2. The van der Waals surface area contributed by atoms with Crippen LogP contribution in [0.15, 0.2) is 0 Å². The Morgan fingerprint density at radius 1 is 1.60 bits per heavy atom. The molecule has 0 saturated carbocycles. The van der Waals surface area contributed by atoms with Gasteiger partial charge in [-0.25, -0.2) is 0 Å². The van der Waals surface area contributed by atoms with E-state index in [1.54, 1.807) is 4.90 Å². The van der Waals surface area contributed by atoms with Crippen LogP contribution in [-0.2, 0) is 4.79 Å². The maximum atomic E-state index is 12.0. The summed E-state index contributed by atoms with van der Waals surface area (Å²) in [5, 5.41) is 8.72. The van der Waals surface area contributed by atoms with Crippen molar-refractivity contribution in [2.45, 2.75) is 38.8 Å². The molecular weight excluding hydrogens is 190 g/mol. The van der Waals surface area contributed by atoms with Gasteiger partial charge in [-0.3, -0.25) is 9.69 Å². The van der Waals surface area contributed by atoms with E-state index in [1.165, 1.54) is 0 Å². The van der Waals surface area contributed by atoms with Crippen LogP contribution in [0.1, 0.15) is 27.2 Å². The number of carbonyl (C=O) groups is 1. The number of nitriles is 1. The Morgan fingerprint density at radius 2 is 2.20 bits per heavy atom. The highest BCUT2D eigenvalue weighted by molar-refractivity contribution is 5.83. The van der Waals surface area contributed by atoms with E-state index in [-0.39, 0.29) is 23.9 Å². The number of amides is 1. The average molecular weight is 209 g/mol. The zero-order valence-corrected chi connectivity index (χ0v) is 9.95. The molecule has 1 aliphatic rings. The van der Waals surface area contributed by atoms with Gasteiger partial charge in [-0.15, -0.1) is 0 Å². The van der Waals surface area contributed by atoms with E-state index in [0.29, 0.717) is 0 Å². The van der Waals surface area contributed by atoms with Crippen molar-refractivity contribution in [3.63, 3.8) is 0 Å². The second kappa shape index (κ2) is 4.19. The van der Waals surface area contributed by atoms with Gasteiger partial charge in [0.25, 0.3) is 0 Å². The Kier molecular flexibility index (Phi) is 3.35. The number of rotatable bonds is 2. The molecule has 84 valence electrons. The molecule has 0 aliphatic carbocycles. The van der Waals surface area contributed by atoms with Crippen LogP contribution < -0.4 is 0 Å². The first kappa shape index (κ1) is 12.0. The molecule has 4 nitrogen and oxygen atoms in total. The monoisotopic (exact) mass is 209 g/mol. The van der Waals surface area contributed by atoms with E-state index in [9.17, 15) is 4.79 Å². The Bertz CT molecular complexity index is 293. The Balaban J connectivity index is 2.91. The molecule has 1 heterocycles. The first-order valence-corrected chi connectivity index (χ1v) is 5.32. The lowest BCUT2D eigenvalue weighted by Gasteiger charge is -2.48. The largest absolute Gasteiger partial charge is 0.338 e. The molecule has 4 heteroatoms. The highest BCUT2D eigenvalue weighted by Gasteiger charge is 2.41. The number of nitrogens with zero attached hydrogens (tertiary/aromatic N) is 3. The van der Waals surface area contributed by atoms with Crippen LogP contribution in [0.4, 0.5) is 0 Å². The summed E-state index contributed by atoms with van der Waals surface area (Å²) in [6.45, 7) is 7.78. The summed E-state index contributed by atoms with van der Waals surface area (Å²) in [4.78, 5) is 15.9. The third-order valence-electron chi connectivity index (χ3n) is 3.25. The van der Waals surface area contributed by atoms with Crippen LogP contribution in [0.3, 0.4) is 0 Å². The minimum Gasteiger partial charge on any atom is -0.338 e. The molecule has 15 heavy (non-hydrogen) atoms. The van der Waals surface area contributed by atoms with E-state index >= 15 is 0 Å². The predicted octanol–water partition coefficient (Wildman–Crippen LogP) is 0.841. The summed E-state index contributed by atoms with van der Waals surface area (Å²) < 4.78 is 0. The summed E-state index contributed by atoms with van der Waals surface area (Å²) in [5.74, 6) is 0.0645. The normalized spacial score (nSPS) is 26.5. The number of carbonyl (C=O) groups excluding carboxylic acids is 1. The predicted molar refractivity (Wildman–Crippen MR) is 58.1 cm³/mol. The molecule has 0 aromatic rings. The molecule has 1 rings (SSSR count). The van der Waals surface area contributed by atoms with Gasteiger partial charge in [0.15, 0.2) is 0 Å². The molecule has 1 unspecified atom stereocenters. The maximum absolute atomic E-state index is 12.0. The summed E-state index contributed by atoms with van der Waals surface area (Å²) in [6.07, 6.45) is 0.285. The zero-order chi connectivity index (χ0) is 11.6. The topological polar surface area (TPSA) is 47.3 Å². The number of hydrogen-bond donors (Lipinski definition) is 0. The maximum Gasteiger partial charge on any atom is 0.241 e. The average Bonchev–Trinajstić information content (AvgIpc) is 2.19. The van der Waals surface area contributed by atoms with Gasteiger partial charge in [-0.1, -0.05) is 6.92 Å². The van der Waals surface area contributed by atoms with Crippen molar-refractivity contribution in [2.75, 3.05) is 20.1 Å². The molecule has 0 spiro atoms. The molecule has 0 aromatic heterocycles. The lowest BCUT2D eigenvalue weighted by molar-refractivity contribution is -0.148. The quantitative estimate of drug-likeness (QED) is 0.677. The smallest absolute Gasteiger partial charge is 0.241 e. The highest BCUT2D eigenvalue weighted by Crippen LogP contribution is 2.24. The molecule has 1 saturated heterocycles. The van der Waals surface area contributed by atoms with Crippen molar-refractivity contribution < 1.29 is 4.79 Å². The third-order valence-corrected chi connectivity index (χ3v) is 3.25. The molecule has 0 bridgehead atoms. The van der Waals surface area contributed by atoms with E-state index in [0.717, 1.165) is 13.1 Å².